The van der Waals surface area contributed by atoms with E-state index < -0.39 is 17.3 Å². The van der Waals surface area contributed by atoms with E-state index in [1.54, 1.807) is 6.92 Å². The summed E-state index contributed by atoms with van der Waals surface area (Å²) >= 11 is 0. The number of anilines is 1. The number of rotatable bonds is 2. The van der Waals surface area contributed by atoms with Crippen molar-refractivity contribution in [3.05, 3.63) is 100 Å². The molecule has 3 aromatic carbocycles. The van der Waals surface area contributed by atoms with E-state index in [1.165, 1.54) is 4.90 Å². The summed E-state index contributed by atoms with van der Waals surface area (Å²) in [5.74, 6) is -2.11. The summed E-state index contributed by atoms with van der Waals surface area (Å²) in [6, 6.07) is 21.5. The molecule has 0 spiro atoms. The molecular formula is C28H23NO3. The Kier molecular flexibility index (Phi) is 3.75. The Bertz CT molecular complexity index is 1310. The van der Waals surface area contributed by atoms with Crippen molar-refractivity contribution in [3.63, 3.8) is 0 Å². The normalized spacial score (nSPS) is 27.2. The zero-order chi connectivity index (χ0) is 22.4. The molecule has 0 aromatic heterocycles. The van der Waals surface area contributed by atoms with Crippen LogP contribution in [-0.4, -0.2) is 17.6 Å². The molecule has 1 heterocycles. The minimum absolute atomic E-state index is 0.0887. The third-order valence-electron chi connectivity index (χ3n) is 7.77. The molecule has 0 radical (unpaired) electrons. The molecule has 3 aliphatic carbocycles. The van der Waals surface area contributed by atoms with Gasteiger partial charge in [-0.3, -0.25) is 14.4 Å². The van der Waals surface area contributed by atoms with Gasteiger partial charge < -0.3 is 0 Å². The zero-order valence-electron chi connectivity index (χ0n) is 18.3. The molecule has 4 aliphatic rings. The molecule has 0 unspecified atom stereocenters. The van der Waals surface area contributed by atoms with Crippen LogP contribution in [0, 0.1) is 25.7 Å². The van der Waals surface area contributed by atoms with Crippen molar-refractivity contribution in [3.8, 4) is 0 Å². The molecule has 1 aliphatic heterocycles. The van der Waals surface area contributed by atoms with Crippen molar-refractivity contribution in [2.24, 2.45) is 11.8 Å². The Hall–Kier alpha value is -3.53. The maximum absolute atomic E-state index is 14.1. The second-order valence-electron chi connectivity index (χ2n) is 9.32. The van der Waals surface area contributed by atoms with Gasteiger partial charge in [-0.1, -0.05) is 66.2 Å². The van der Waals surface area contributed by atoms with Gasteiger partial charge in [0.15, 0.2) is 0 Å². The summed E-state index contributed by atoms with van der Waals surface area (Å²) in [4.78, 5) is 42.9. The number of imide groups is 1. The molecule has 2 atom stereocenters. The fourth-order valence-electron chi connectivity index (χ4n) is 6.66. The van der Waals surface area contributed by atoms with Crippen molar-refractivity contribution >= 4 is 23.3 Å². The predicted octanol–water partition coefficient (Wildman–Crippen LogP) is 4.44. The average Bonchev–Trinajstić information content (AvgIpc) is 3.05. The van der Waals surface area contributed by atoms with Gasteiger partial charge in [0.05, 0.1) is 22.9 Å². The second kappa shape index (κ2) is 6.26. The molecule has 2 bridgehead atoms. The van der Waals surface area contributed by atoms with E-state index in [2.05, 4.69) is 0 Å². The molecule has 2 amide bonds. The topological polar surface area (TPSA) is 54.5 Å². The van der Waals surface area contributed by atoms with Gasteiger partial charge in [-0.25, -0.2) is 4.90 Å². The van der Waals surface area contributed by atoms with E-state index in [0.717, 1.165) is 33.4 Å². The van der Waals surface area contributed by atoms with Gasteiger partial charge in [-0.15, -0.1) is 0 Å². The van der Waals surface area contributed by atoms with Crippen LogP contribution in [0.2, 0.25) is 0 Å². The fourth-order valence-corrected chi connectivity index (χ4v) is 6.66. The summed E-state index contributed by atoms with van der Waals surface area (Å²) in [5, 5.41) is 0. The van der Waals surface area contributed by atoms with Gasteiger partial charge in [0.25, 0.3) is 0 Å². The number of carbonyl (C=O) groups is 3. The van der Waals surface area contributed by atoms with Crippen molar-refractivity contribution in [1.29, 1.82) is 0 Å². The number of carbonyl (C=O) groups excluding carboxylic acids is 3. The monoisotopic (exact) mass is 421 g/mol. The molecule has 1 saturated heterocycles. The molecule has 4 nitrogen and oxygen atoms in total. The van der Waals surface area contributed by atoms with Crippen LogP contribution in [0.15, 0.2) is 66.7 Å². The van der Waals surface area contributed by atoms with E-state index in [0.29, 0.717) is 5.69 Å². The smallest absolute Gasteiger partial charge is 0.239 e. The molecule has 1 fully saturated rings. The SMILES string of the molecule is CC(=O)C12c3ccccc3C(c3ccccc31)[C@H]1C(=O)N(c3ccc(C)cc3C)C(=O)[C@@H]12. The first-order valence-corrected chi connectivity index (χ1v) is 11.0. The van der Waals surface area contributed by atoms with Crippen molar-refractivity contribution in [2.75, 3.05) is 4.90 Å². The Morgan fingerprint density at radius 3 is 2.00 bits per heavy atom. The van der Waals surface area contributed by atoms with Crippen LogP contribution in [-0.2, 0) is 19.8 Å². The van der Waals surface area contributed by atoms with Crippen LogP contribution in [0.4, 0.5) is 5.69 Å². The van der Waals surface area contributed by atoms with Crippen molar-refractivity contribution in [1.82, 2.24) is 0 Å². The summed E-state index contributed by atoms with van der Waals surface area (Å²) < 4.78 is 0. The number of Topliss-reactive ketones (excluding diaryl/α,β-unsaturated/α-hetero) is 1. The van der Waals surface area contributed by atoms with Gasteiger partial charge >= 0.3 is 0 Å². The molecular weight excluding hydrogens is 398 g/mol. The third-order valence-corrected chi connectivity index (χ3v) is 7.77. The van der Waals surface area contributed by atoms with Crippen molar-refractivity contribution < 1.29 is 14.4 Å². The number of nitrogens with zero attached hydrogens (tertiary/aromatic N) is 1. The number of aryl methyl sites for hydroxylation is 2. The number of hydrogen-bond donors (Lipinski definition) is 0. The van der Waals surface area contributed by atoms with Crippen LogP contribution in [0.1, 0.15) is 46.2 Å². The van der Waals surface area contributed by atoms with Gasteiger partial charge in [0.1, 0.15) is 5.78 Å². The molecule has 7 rings (SSSR count). The van der Waals surface area contributed by atoms with Gasteiger partial charge in [0.2, 0.25) is 11.8 Å². The Balaban J connectivity index is 1.67. The summed E-state index contributed by atoms with van der Waals surface area (Å²) in [6.07, 6.45) is 0. The van der Waals surface area contributed by atoms with E-state index in [-0.39, 0.29) is 23.5 Å². The summed E-state index contributed by atoms with van der Waals surface area (Å²) in [7, 11) is 0. The van der Waals surface area contributed by atoms with Gasteiger partial charge in [0, 0.05) is 5.92 Å². The molecule has 3 aromatic rings. The van der Waals surface area contributed by atoms with E-state index in [4.69, 9.17) is 0 Å². The summed E-state index contributed by atoms with van der Waals surface area (Å²) in [5.41, 5.74) is 5.16. The van der Waals surface area contributed by atoms with E-state index in [9.17, 15) is 14.4 Å². The molecule has 0 N–H and O–H groups in total. The lowest BCUT2D eigenvalue weighted by atomic mass is 9.46. The lowest BCUT2D eigenvalue weighted by Gasteiger charge is -2.52. The highest BCUT2D eigenvalue weighted by atomic mass is 16.2. The number of benzene rings is 3. The first kappa shape index (κ1) is 19.2. The fraction of sp³-hybridized carbons (Fsp3) is 0.250. The van der Waals surface area contributed by atoms with Crippen LogP contribution >= 0.6 is 0 Å². The van der Waals surface area contributed by atoms with Gasteiger partial charge in [-0.2, -0.15) is 0 Å². The second-order valence-corrected chi connectivity index (χ2v) is 9.32. The van der Waals surface area contributed by atoms with Crippen LogP contribution < -0.4 is 4.90 Å². The maximum atomic E-state index is 14.1. The summed E-state index contributed by atoms with van der Waals surface area (Å²) in [6.45, 7) is 5.47. The molecule has 32 heavy (non-hydrogen) atoms. The standard InChI is InChI=1S/C28H23NO3/c1-15-12-13-22(16(2)14-15)29-26(31)24-23-18-8-4-6-10-20(18)28(17(3)30,25(24)27(29)32)21-11-7-5-9-19(21)23/h4-14,23-25H,1-3H3/t23?,24-,25-,28?/m1/s1. The number of ketones is 1. The highest BCUT2D eigenvalue weighted by Crippen LogP contribution is 2.64. The largest absolute Gasteiger partial charge is 0.299 e. The maximum Gasteiger partial charge on any atom is 0.239 e. The third kappa shape index (κ3) is 2.05. The highest BCUT2D eigenvalue weighted by Gasteiger charge is 2.70. The van der Waals surface area contributed by atoms with Crippen LogP contribution in [0.25, 0.3) is 0 Å². The first-order chi connectivity index (χ1) is 15.4. The zero-order valence-corrected chi connectivity index (χ0v) is 18.3. The Morgan fingerprint density at radius 1 is 0.844 bits per heavy atom. The molecule has 0 saturated carbocycles. The highest BCUT2D eigenvalue weighted by molar-refractivity contribution is 6.25. The van der Waals surface area contributed by atoms with Crippen LogP contribution in [0.5, 0.6) is 0 Å². The van der Waals surface area contributed by atoms with Crippen molar-refractivity contribution in [2.45, 2.75) is 32.1 Å². The lowest BCUT2D eigenvalue weighted by molar-refractivity contribution is -0.132. The minimum Gasteiger partial charge on any atom is -0.299 e. The predicted molar refractivity (Wildman–Crippen MR) is 122 cm³/mol. The number of hydrogen-bond acceptors (Lipinski definition) is 3. The number of amides is 2. The molecule has 4 heteroatoms. The average molecular weight is 421 g/mol. The minimum atomic E-state index is -1.15. The Labute approximate surface area is 186 Å². The molecule has 158 valence electrons. The quantitative estimate of drug-likeness (QED) is 0.575. The van der Waals surface area contributed by atoms with Crippen LogP contribution in [0.3, 0.4) is 0 Å². The lowest BCUT2D eigenvalue weighted by Crippen LogP contribution is -2.57. The van der Waals surface area contributed by atoms with E-state index in [1.807, 2.05) is 80.6 Å². The first-order valence-electron chi connectivity index (χ1n) is 11.0. The van der Waals surface area contributed by atoms with Gasteiger partial charge in [-0.05, 0) is 54.7 Å². The Morgan fingerprint density at radius 2 is 1.44 bits per heavy atom. The van der Waals surface area contributed by atoms with E-state index >= 15 is 0 Å².